The SMILES string of the molecule is Cc1ccc(C)c(-c2cc3cccc(F)c3[nH]2)c1. The highest BCUT2D eigenvalue weighted by Gasteiger charge is 2.08. The van der Waals surface area contributed by atoms with Crippen LogP contribution in [0.25, 0.3) is 22.2 Å². The average Bonchev–Trinajstić information content (AvgIpc) is 2.77. The highest BCUT2D eigenvalue weighted by atomic mass is 19.1. The summed E-state index contributed by atoms with van der Waals surface area (Å²) in [7, 11) is 0. The molecule has 0 radical (unpaired) electrons. The number of aromatic nitrogens is 1. The molecule has 2 aromatic carbocycles. The Morgan fingerprint density at radius 3 is 2.61 bits per heavy atom. The maximum Gasteiger partial charge on any atom is 0.147 e. The Balaban J connectivity index is 2.26. The van der Waals surface area contributed by atoms with Crippen molar-refractivity contribution < 1.29 is 4.39 Å². The number of nitrogens with one attached hydrogen (secondary N) is 1. The van der Waals surface area contributed by atoms with Crippen molar-refractivity contribution in [2.24, 2.45) is 0 Å². The molecule has 3 rings (SSSR count). The number of hydrogen-bond donors (Lipinski definition) is 1. The Morgan fingerprint density at radius 2 is 1.83 bits per heavy atom. The van der Waals surface area contributed by atoms with Gasteiger partial charge in [0.1, 0.15) is 5.82 Å². The molecule has 18 heavy (non-hydrogen) atoms. The predicted molar refractivity (Wildman–Crippen MR) is 73.2 cm³/mol. The van der Waals surface area contributed by atoms with Crippen LogP contribution in [0.3, 0.4) is 0 Å². The number of benzene rings is 2. The minimum atomic E-state index is -0.205. The Hall–Kier alpha value is -2.09. The lowest BCUT2D eigenvalue weighted by Crippen LogP contribution is -1.84. The molecule has 2 heteroatoms. The smallest absolute Gasteiger partial charge is 0.147 e. The fraction of sp³-hybridized carbons (Fsp3) is 0.125. The van der Waals surface area contributed by atoms with Crippen LogP contribution in [0.15, 0.2) is 42.5 Å². The van der Waals surface area contributed by atoms with Crippen molar-refractivity contribution in [3.63, 3.8) is 0 Å². The van der Waals surface area contributed by atoms with E-state index in [0.717, 1.165) is 16.6 Å². The number of rotatable bonds is 1. The maximum absolute atomic E-state index is 13.7. The molecule has 0 amide bonds. The molecule has 90 valence electrons. The third kappa shape index (κ3) is 1.70. The van der Waals surface area contributed by atoms with Crippen LogP contribution < -0.4 is 0 Å². The fourth-order valence-electron chi connectivity index (χ4n) is 2.29. The third-order valence-corrected chi connectivity index (χ3v) is 3.29. The number of fused-ring (bicyclic) bond motifs is 1. The van der Waals surface area contributed by atoms with Gasteiger partial charge < -0.3 is 4.98 Å². The second-order valence-corrected chi connectivity index (χ2v) is 4.71. The van der Waals surface area contributed by atoms with Crippen molar-refractivity contribution >= 4 is 10.9 Å². The lowest BCUT2D eigenvalue weighted by molar-refractivity contribution is 0.637. The molecular formula is C16H14FN. The first-order chi connectivity index (χ1) is 8.65. The largest absolute Gasteiger partial charge is 0.352 e. The van der Waals surface area contributed by atoms with E-state index in [1.54, 1.807) is 6.07 Å². The van der Waals surface area contributed by atoms with Gasteiger partial charge in [-0.15, -0.1) is 0 Å². The summed E-state index contributed by atoms with van der Waals surface area (Å²) >= 11 is 0. The first-order valence-corrected chi connectivity index (χ1v) is 6.00. The Labute approximate surface area is 105 Å². The number of aromatic amines is 1. The summed E-state index contributed by atoms with van der Waals surface area (Å²) in [6.07, 6.45) is 0. The zero-order valence-electron chi connectivity index (χ0n) is 10.4. The van der Waals surface area contributed by atoms with E-state index in [0.29, 0.717) is 5.52 Å². The van der Waals surface area contributed by atoms with Gasteiger partial charge in [0.15, 0.2) is 0 Å². The predicted octanol–water partition coefficient (Wildman–Crippen LogP) is 4.59. The van der Waals surface area contributed by atoms with Crippen LogP contribution >= 0.6 is 0 Å². The van der Waals surface area contributed by atoms with Crippen LogP contribution in [-0.4, -0.2) is 4.98 Å². The normalized spacial score (nSPS) is 11.1. The van der Waals surface area contributed by atoms with Crippen LogP contribution in [0.4, 0.5) is 4.39 Å². The molecule has 0 aliphatic carbocycles. The molecule has 1 N–H and O–H groups in total. The molecule has 1 heterocycles. The van der Waals surface area contributed by atoms with E-state index in [4.69, 9.17) is 0 Å². The van der Waals surface area contributed by atoms with Crippen LogP contribution in [-0.2, 0) is 0 Å². The van der Waals surface area contributed by atoms with E-state index in [1.165, 1.54) is 17.2 Å². The van der Waals surface area contributed by atoms with Crippen molar-refractivity contribution in [1.82, 2.24) is 4.98 Å². The molecule has 0 atom stereocenters. The summed E-state index contributed by atoms with van der Waals surface area (Å²) in [5.74, 6) is -0.205. The summed E-state index contributed by atoms with van der Waals surface area (Å²) in [6, 6.07) is 13.4. The van der Waals surface area contributed by atoms with Gasteiger partial charge in [-0.05, 0) is 37.6 Å². The molecule has 0 unspecified atom stereocenters. The highest BCUT2D eigenvalue weighted by molar-refractivity contribution is 5.86. The van der Waals surface area contributed by atoms with Crippen molar-refractivity contribution in [3.8, 4) is 11.3 Å². The summed E-state index contributed by atoms with van der Waals surface area (Å²) in [6.45, 7) is 4.13. The van der Waals surface area contributed by atoms with Gasteiger partial charge in [-0.3, -0.25) is 0 Å². The molecule has 0 aliphatic rings. The Bertz CT molecular complexity index is 725. The standard InChI is InChI=1S/C16H14FN/c1-10-6-7-11(2)13(8-10)15-9-12-4-3-5-14(17)16(12)18-15/h3-9,18H,1-2H3. The van der Waals surface area contributed by atoms with Gasteiger partial charge in [-0.2, -0.15) is 0 Å². The molecule has 1 aromatic heterocycles. The van der Waals surface area contributed by atoms with Crippen LogP contribution in [0.2, 0.25) is 0 Å². The quantitative estimate of drug-likeness (QED) is 0.639. The molecule has 0 bridgehead atoms. The minimum absolute atomic E-state index is 0.205. The van der Waals surface area contributed by atoms with Crippen molar-refractivity contribution in [2.45, 2.75) is 13.8 Å². The molecule has 3 aromatic rings. The van der Waals surface area contributed by atoms with Gasteiger partial charge in [-0.25, -0.2) is 4.39 Å². The lowest BCUT2D eigenvalue weighted by Gasteiger charge is -2.04. The highest BCUT2D eigenvalue weighted by Crippen LogP contribution is 2.28. The summed E-state index contributed by atoms with van der Waals surface area (Å²) in [4.78, 5) is 3.17. The minimum Gasteiger partial charge on any atom is -0.352 e. The molecular weight excluding hydrogens is 225 g/mol. The van der Waals surface area contributed by atoms with Crippen LogP contribution in [0, 0.1) is 19.7 Å². The van der Waals surface area contributed by atoms with E-state index in [1.807, 2.05) is 12.1 Å². The second kappa shape index (κ2) is 3.98. The Kier molecular flexibility index (Phi) is 2.44. The van der Waals surface area contributed by atoms with Crippen molar-refractivity contribution in [1.29, 1.82) is 0 Å². The van der Waals surface area contributed by atoms with Gasteiger partial charge in [-0.1, -0.05) is 29.8 Å². The average molecular weight is 239 g/mol. The van der Waals surface area contributed by atoms with Gasteiger partial charge in [0.25, 0.3) is 0 Å². The van der Waals surface area contributed by atoms with Crippen LogP contribution in [0.1, 0.15) is 11.1 Å². The van der Waals surface area contributed by atoms with Gasteiger partial charge in [0.05, 0.1) is 5.52 Å². The van der Waals surface area contributed by atoms with Gasteiger partial charge >= 0.3 is 0 Å². The van der Waals surface area contributed by atoms with E-state index in [2.05, 4.69) is 37.0 Å². The van der Waals surface area contributed by atoms with E-state index in [9.17, 15) is 4.39 Å². The summed E-state index contributed by atoms with van der Waals surface area (Å²) in [5, 5.41) is 0.908. The summed E-state index contributed by atoms with van der Waals surface area (Å²) in [5.41, 5.74) is 5.07. The number of hydrogen-bond acceptors (Lipinski definition) is 0. The molecule has 0 saturated heterocycles. The first kappa shape index (κ1) is 11.0. The fourth-order valence-corrected chi connectivity index (χ4v) is 2.29. The monoisotopic (exact) mass is 239 g/mol. The van der Waals surface area contributed by atoms with Crippen molar-refractivity contribution in [3.05, 3.63) is 59.4 Å². The maximum atomic E-state index is 13.7. The molecule has 0 aliphatic heterocycles. The van der Waals surface area contributed by atoms with Crippen molar-refractivity contribution in [2.75, 3.05) is 0 Å². The zero-order valence-corrected chi connectivity index (χ0v) is 10.4. The number of halogens is 1. The van der Waals surface area contributed by atoms with Gasteiger partial charge in [0.2, 0.25) is 0 Å². The van der Waals surface area contributed by atoms with Crippen LogP contribution in [0.5, 0.6) is 0 Å². The molecule has 1 nitrogen and oxygen atoms in total. The number of aryl methyl sites for hydroxylation is 2. The van der Waals surface area contributed by atoms with E-state index < -0.39 is 0 Å². The number of H-pyrrole nitrogens is 1. The van der Waals surface area contributed by atoms with E-state index in [-0.39, 0.29) is 5.82 Å². The van der Waals surface area contributed by atoms with E-state index >= 15 is 0 Å². The second-order valence-electron chi connectivity index (χ2n) is 4.71. The topological polar surface area (TPSA) is 15.8 Å². The molecule has 0 fully saturated rings. The summed E-state index contributed by atoms with van der Waals surface area (Å²) < 4.78 is 13.7. The molecule has 0 saturated carbocycles. The zero-order chi connectivity index (χ0) is 12.7. The Morgan fingerprint density at radius 1 is 1.00 bits per heavy atom. The lowest BCUT2D eigenvalue weighted by atomic mass is 10.0. The molecule has 0 spiro atoms. The first-order valence-electron chi connectivity index (χ1n) is 6.00. The third-order valence-electron chi connectivity index (χ3n) is 3.29. The number of para-hydroxylation sites is 1. The van der Waals surface area contributed by atoms with Gasteiger partial charge in [0, 0.05) is 16.6 Å².